The summed E-state index contributed by atoms with van der Waals surface area (Å²) in [6.45, 7) is 3.51. The summed E-state index contributed by atoms with van der Waals surface area (Å²) in [5, 5.41) is 10.7. The van der Waals surface area contributed by atoms with Gasteiger partial charge in [0, 0.05) is 33.4 Å². The van der Waals surface area contributed by atoms with Crippen molar-refractivity contribution in [2.75, 3.05) is 13.1 Å². The molecule has 4 N–H and O–H groups in total. The van der Waals surface area contributed by atoms with Gasteiger partial charge in [0.1, 0.15) is 0 Å². The van der Waals surface area contributed by atoms with Gasteiger partial charge in [-0.2, -0.15) is 0 Å². The van der Waals surface area contributed by atoms with Gasteiger partial charge >= 0.3 is 0 Å². The predicted octanol–water partition coefficient (Wildman–Crippen LogP) is 3.73. The summed E-state index contributed by atoms with van der Waals surface area (Å²) >= 11 is 3.51. The van der Waals surface area contributed by atoms with E-state index in [0.29, 0.717) is 6.54 Å². The standard InChI is InChI=1S/C23H25N3OS2/c1-16(23(27)24-11-10-17-6-4-12-28-17)25-15-20(22-9-5-13-29-22)19-14-26-21-8-3-2-7-18(19)21/h2-9,12-14,16,20,25-26H,10-11,15H2,1H3,(H,24,27)/p+1/t16-,20+/m1/s1. The van der Waals surface area contributed by atoms with E-state index in [2.05, 4.69) is 75.0 Å². The molecule has 29 heavy (non-hydrogen) atoms. The number of hydrogen-bond acceptors (Lipinski definition) is 3. The van der Waals surface area contributed by atoms with Crippen LogP contribution in [-0.4, -0.2) is 30.0 Å². The second-order valence-corrected chi connectivity index (χ2v) is 9.25. The number of H-pyrrole nitrogens is 1. The van der Waals surface area contributed by atoms with Crippen LogP contribution in [0, 0.1) is 0 Å². The van der Waals surface area contributed by atoms with Crippen molar-refractivity contribution in [3.05, 3.63) is 80.8 Å². The Morgan fingerprint density at radius 3 is 2.72 bits per heavy atom. The average Bonchev–Trinajstić information content (AvgIpc) is 3.50. The molecule has 4 nitrogen and oxygen atoms in total. The van der Waals surface area contributed by atoms with Gasteiger partial charge in [-0.15, -0.1) is 22.7 Å². The predicted molar refractivity (Wildman–Crippen MR) is 122 cm³/mol. The highest BCUT2D eigenvalue weighted by atomic mass is 32.1. The van der Waals surface area contributed by atoms with Crippen LogP contribution in [0.4, 0.5) is 0 Å². The van der Waals surface area contributed by atoms with E-state index >= 15 is 0 Å². The monoisotopic (exact) mass is 424 g/mol. The summed E-state index contributed by atoms with van der Waals surface area (Å²) in [6, 6.07) is 16.7. The van der Waals surface area contributed by atoms with Gasteiger partial charge in [0.15, 0.2) is 6.04 Å². The third-order valence-corrected chi connectivity index (χ3v) is 7.20. The molecule has 0 fully saturated rings. The molecule has 4 rings (SSSR count). The second kappa shape index (κ2) is 9.39. The molecule has 4 aromatic rings. The van der Waals surface area contributed by atoms with E-state index in [1.807, 2.05) is 13.0 Å². The van der Waals surface area contributed by atoms with Crippen LogP contribution in [0.1, 0.15) is 28.2 Å². The van der Waals surface area contributed by atoms with Crippen molar-refractivity contribution < 1.29 is 10.1 Å². The summed E-state index contributed by atoms with van der Waals surface area (Å²) in [4.78, 5) is 18.6. The smallest absolute Gasteiger partial charge is 0.277 e. The van der Waals surface area contributed by atoms with Crippen molar-refractivity contribution in [2.45, 2.75) is 25.3 Å². The number of para-hydroxylation sites is 1. The molecule has 3 heterocycles. The van der Waals surface area contributed by atoms with Crippen molar-refractivity contribution >= 4 is 39.5 Å². The second-order valence-electron chi connectivity index (χ2n) is 7.24. The van der Waals surface area contributed by atoms with Gasteiger partial charge in [0.25, 0.3) is 5.91 Å². The molecule has 0 aliphatic carbocycles. The number of carbonyl (C=O) groups excluding carboxylic acids is 1. The van der Waals surface area contributed by atoms with Crippen molar-refractivity contribution in [1.82, 2.24) is 10.3 Å². The van der Waals surface area contributed by atoms with Crippen molar-refractivity contribution in [3.63, 3.8) is 0 Å². The summed E-state index contributed by atoms with van der Waals surface area (Å²) in [5.74, 6) is 0.359. The summed E-state index contributed by atoms with van der Waals surface area (Å²) in [7, 11) is 0. The number of thiophene rings is 2. The zero-order valence-electron chi connectivity index (χ0n) is 16.4. The summed E-state index contributed by atoms with van der Waals surface area (Å²) < 4.78 is 0. The first-order valence-corrected chi connectivity index (χ1v) is 11.7. The van der Waals surface area contributed by atoms with Crippen molar-refractivity contribution in [2.24, 2.45) is 0 Å². The number of carbonyl (C=O) groups is 1. The van der Waals surface area contributed by atoms with Crippen LogP contribution in [0.5, 0.6) is 0 Å². The van der Waals surface area contributed by atoms with E-state index in [1.165, 1.54) is 20.7 Å². The van der Waals surface area contributed by atoms with Gasteiger partial charge in [0.05, 0.1) is 12.5 Å². The Morgan fingerprint density at radius 1 is 1.10 bits per heavy atom. The van der Waals surface area contributed by atoms with Gasteiger partial charge in [-0.25, -0.2) is 0 Å². The molecule has 1 aromatic carbocycles. The maximum Gasteiger partial charge on any atom is 0.277 e. The third-order valence-electron chi connectivity index (χ3n) is 5.27. The maximum atomic E-state index is 12.5. The summed E-state index contributed by atoms with van der Waals surface area (Å²) in [6.07, 6.45) is 3.01. The SMILES string of the molecule is C[C@@H]([NH2+]C[C@H](c1cccs1)c1c[nH]c2ccccc12)C(=O)NCCc1cccs1. The molecule has 2 atom stereocenters. The minimum Gasteiger partial charge on any atom is -0.361 e. The Hall–Kier alpha value is -2.41. The lowest BCUT2D eigenvalue weighted by Gasteiger charge is -2.17. The van der Waals surface area contributed by atoms with E-state index in [4.69, 9.17) is 0 Å². The van der Waals surface area contributed by atoms with E-state index in [-0.39, 0.29) is 17.9 Å². The van der Waals surface area contributed by atoms with Gasteiger partial charge in [0.2, 0.25) is 0 Å². The zero-order valence-corrected chi connectivity index (χ0v) is 18.1. The number of amides is 1. The topological polar surface area (TPSA) is 61.5 Å². The molecular weight excluding hydrogens is 398 g/mol. The third kappa shape index (κ3) is 4.78. The number of nitrogens with one attached hydrogen (secondary N) is 2. The zero-order chi connectivity index (χ0) is 20.1. The van der Waals surface area contributed by atoms with E-state index in [1.54, 1.807) is 22.7 Å². The quantitative estimate of drug-likeness (QED) is 0.377. The number of fused-ring (bicyclic) bond motifs is 1. The molecule has 0 spiro atoms. The molecule has 0 saturated heterocycles. The number of quaternary nitrogens is 1. The molecule has 0 bridgehead atoms. The largest absolute Gasteiger partial charge is 0.361 e. The van der Waals surface area contributed by atoms with Crippen LogP contribution in [0.3, 0.4) is 0 Å². The lowest BCUT2D eigenvalue weighted by molar-refractivity contribution is -0.674. The molecule has 6 heteroatoms. The average molecular weight is 425 g/mol. The first-order chi connectivity index (χ1) is 14.2. The Labute approximate surface area is 179 Å². The molecule has 0 radical (unpaired) electrons. The van der Waals surface area contributed by atoms with Crippen molar-refractivity contribution in [3.8, 4) is 0 Å². The van der Waals surface area contributed by atoms with E-state index in [0.717, 1.165) is 18.5 Å². The number of hydrogen-bond donors (Lipinski definition) is 3. The van der Waals surface area contributed by atoms with Crippen LogP contribution in [0.2, 0.25) is 0 Å². The molecule has 0 aliphatic heterocycles. The minimum atomic E-state index is -0.119. The Morgan fingerprint density at radius 2 is 1.93 bits per heavy atom. The minimum absolute atomic E-state index is 0.102. The first kappa shape index (κ1) is 19.9. The highest BCUT2D eigenvalue weighted by molar-refractivity contribution is 7.10. The lowest BCUT2D eigenvalue weighted by Crippen LogP contribution is -2.92. The normalized spacial score (nSPS) is 13.4. The molecule has 0 unspecified atom stereocenters. The van der Waals surface area contributed by atoms with Crippen LogP contribution < -0.4 is 10.6 Å². The highest BCUT2D eigenvalue weighted by Gasteiger charge is 2.24. The Bertz CT molecular complexity index is 1040. The number of rotatable bonds is 9. The van der Waals surface area contributed by atoms with Gasteiger partial charge in [-0.05, 0) is 47.9 Å². The van der Waals surface area contributed by atoms with Crippen LogP contribution >= 0.6 is 22.7 Å². The molecule has 1 amide bonds. The van der Waals surface area contributed by atoms with Gasteiger partial charge in [-0.3, -0.25) is 4.79 Å². The Kier molecular flexibility index (Phi) is 6.44. The fourth-order valence-electron chi connectivity index (χ4n) is 3.64. The van der Waals surface area contributed by atoms with Crippen LogP contribution in [0.25, 0.3) is 10.9 Å². The van der Waals surface area contributed by atoms with E-state index in [9.17, 15) is 4.79 Å². The fourth-order valence-corrected chi connectivity index (χ4v) is 5.21. The number of benzene rings is 1. The molecule has 0 aliphatic rings. The lowest BCUT2D eigenvalue weighted by atomic mass is 9.96. The summed E-state index contributed by atoms with van der Waals surface area (Å²) in [5.41, 5.74) is 2.45. The number of aromatic amines is 1. The van der Waals surface area contributed by atoms with Crippen molar-refractivity contribution in [1.29, 1.82) is 0 Å². The van der Waals surface area contributed by atoms with E-state index < -0.39 is 0 Å². The van der Waals surface area contributed by atoms with Gasteiger partial charge in [-0.1, -0.05) is 30.3 Å². The molecule has 0 saturated carbocycles. The van der Waals surface area contributed by atoms with Gasteiger partial charge < -0.3 is 15.6 Å². The molecular formula is C23H26N3OS2+. The number of nitrogens with two attached hydrogens (primary N) is 1. The molecule has 150 valence electrons. The highest BCUT2D eigenvalue weighted by Crippen LogP contribution is 2.32. The first-order valence-electron chi connectivity index (χ1n) is 9.95. The number of aromatic nitrogens is 1. The van der Waals surface area contributed by atoms with Crippen LogP contribution in [0.15, 0.2) is 65.5 Å². The maximum absolute atomic E-state index is 12.5. The van der Waals surface area contributed by atoms with Crippen LogP contribution in [-0.2, 0) is 11.2 Å². The Balaban J connectivity index is 1.40. The fraction of sp³-hybridized carbons (Fsp3) is 0.261. The molecule has 3 aromatic heterocycles.